The van der Waals surface area contributed by atoms with Gasteiger partial charge >= 0.3 is 0 Å². The average Bonchev–Trinajstić information content (AvgIpc) is 2.80. The van der Waals surface area contributed by atoms with Crippen molar-refractivity contribution < 1.29 is 9.53 Å². The van der Waals surface area contributed by atoms with Crippen LogP contribution in [0.25, 0.3) is 0 Å². The summed E-state index contributed by atoms with van der Waals surface area (Å²) in [6, 6.07) is 7.11. The van der Waals surface area contributed by atoms with Crippen molar-refractivity contribution >= 4 is 5.91 Å². The Kier molecular flexibility index (Phi) is 3.19. The summed E-state index contributed by atoms with van der Waals surface area (Å²) >= 11 is 0. The zero-order valence-corrected chi connectivity index (χ0v) is 10.8. The van der Waals surface area contributed by atoms with E-state index in [2.05, 4.69) is 4.98 Å². The van der Waals surface area contributed by atoms with Crippen LogP contribution >= 0.6 is 0 Å². The maximum atomic E-state index is 12.0. The van der Waals surface area contributed by atoms with E-state index in [9.17, 15) is 4.79 Å². The highest BCUT2D eigenvalue weighted by Gasteiger charge is 2.12. The van der Waals surface area contributed by atoms with E-state index in [0.717, 1.165) is 5.75 Å². The van der Waals surface area contributed by atoms with Crippen LogP contribution in [0.2, 0.25) is 0 Å². The first kappa shape index (κ1) is 12.4. The molecule has 0 N–H and O–H groups in total. The fourth-order valence-corrected chi connectivity index (χ4v) is 1.55. The van der Waals surface area contributed by atoms with Gasteiger partial charge in [-0.25, -0.2) is 4.98 Å². The van der Waals surface area contributed by atoms with Gasteiger partial charge in [-0.15, -0.1) is 0 Å². The van der Waals surface area contributed by atoms with Crippen LogP contribution in [-0.2, 0) is 0 Å². The lowest BCUT2D eigenvalue weighted by molar-refractivity contribution is 0.0959. The third kappa shape index (κ3) is 2.97. The Bertz CT molecular complexity index is 522. The average molecular weight is 244 g/mol. The molecule has 0 atom stereocenters. The zero-order chi connectivity index (χ0) is 13.2. The van der Waals surface area contributed by atoms with Crippen molar-refractivity contribution in [2.45, 2.75) is 26.4 Å². The highest BCUT2D eigenvalue weighted by molar-refractivity contribution is 5.95. The number of carbonyl (C=O) groups is 1. The minimum atomic E-state index is -0.240. The standard InChI is InChI=1S/C14H16N2O2/c1-14(2,3)18-12-6-4-11(5-7-12)13(17)16-9-8-15-10-16/h4-10H,1-3H3. The van der Waals surface area contributed by atoms with Crippen molar-refractivity contribution in [3.63, 3.8) is 0 Å². The van der Waals surface area contributed by atoms with Gasteiger partial charge in [0.1, 0.15) is 17.7 Å². The lowest BCUT2D eigenvalue weighted by Gasteiger charge is -2.21. The Balaban J connectivity index is 2.15. The molecule has 1 aromatic heterocycles. The van der Waals surface area contributed by atoms with E-state index in [1.54, 1.807) is 36.7 Å². The lowest BCUT2D eigenvalue weighted by atomic mass is 10.1. The molecule has 2 rings (SSSR count). The van der Waals surface area contributed by atoms with Crippen LogP contribution in [0, 0.1) is 0 Å². The molecule has 1 aromatic carbocycles. The van der Waals surface area contributed by atoms with Crippen molar-refractivity contribution in [2.75, 3.05) is 0 Å². The fraction of sp³-hybridized carbons (Fsp3) is 0.286. The second-order valence-electron chi connectivity index (χ2n) is 5.01. The maximum Gasteiger partial charge on any atom is 0.263 e. The molecular formula is C14H16N2O2. The van der Waals surface area contributed by atoms with Gasteiger partial charge in [0, 0.05) is 18.0 Å². The molecule has 0 saturated heterocycles. The molecule has 0 radical (unpaired) electrons. The molecule has 0 unspecified atom stereocenters. The first-order chi connectivity index (χ1) is 8.46. The van der Waals surface area contributed by atoms with Gasteiger partial charge < -0.3 is 4.74 Å². The molecule has 0 amide bonds. The largest absolute Gasteiger partial charge is 0.488 e. The Morgan fingerprint density at radius 1 is 1.22 bits per heavy atom. The van der Waals surface area contributed by atoms with Crippen LogP contribution in [0.5, 0.6) is 5.75 Å². The molecule has 18 heavy (non-hydrogen) atoms. The first-order valence-corrected chi connectivity index (χ1v) is 5.77. The summed E-state index contributed by atoms with van der Waals surface area (Å²) < 4.78 is 7.14. The zero-order valence-electron chi connectivity index (χ0n) is 10.8. The highest BCUT2D eigenvalue weighted by Crippen LogP contribution is 2.18. The van der Waals surface area contributed by atoms with Gasteiger partial charge in [-0.05, 0) is 45.0 Å². The van der Waals surface area contributed by atoms with E-state index in [0.29, 0.717) is 5.56 Å². The normalized spacial score (nSPS) is 11.3. The van der Waals surface area contributed by atoms with E-state index < -0.39 is 0 Å². The van der Waals surface area contributed by atoms with E-state index in [1.165, 1.54) is 10.9 Å². The first-order valence-electron chi connectivity index (χ1n) is 5.77. The highest BCUT2D eigenvalue weighted by atomic mass is 16.5. The summed E-state index contributed by atoms with van der Waals surface area (Å²) in [4.78, 5) is 15.8. The number of rotatable bonds is 2. The molecule has 1 heterocycles. The van der Waals surface area contributed by atoms with E-state index in [4.69, 9.17) is 4.74 Å². The summed E-state index contributed by atoms with van der Waals surface area (Å²) in [7, 11) is 0. The van der Waals surface area contributed by atoms with Gasteiger partial charge in [0.15, 0.2) is 0 Å². The van der Waals surface area contributed by atoms with Crippen LogP contribution in [0.15, 0.2) is 43.0 Å². The molecule has 0 fully saturated rings. The van der Waals surface area contributed by atoms with Gasteiger partial charge in [-0.2, -0.15) is 0 Å². The topological polar surface area (TPSA) is 44.1 Å². The number of ether oxygens (including phenoxy) is 1. The van der Waals surface area contributed by atoms with Crippen LogP contribution in [-0.4, -0.2) is 21.1 Å². The number of nitrogens with zero attached hydrogens (tertiary/aromatic N) is 2. The van der Waals surface area contributed by atoms with Crippen molar-refractivity contribution in [3.8, 4) is 5.75 Å². The van der Waals surface area contributed by atoms with Crippen molar-refractivity contribution in [3.05, 3.63) is 48.5 Å². The van der Waals surface area contributed by atoms with Gasteiger partial charge in [0.05, 0.1) is 0 Å². The molecule has 2 aromatic rings. The summed E-state index contributed by atoms with van der Waals surface area (Å²) in [6.45, 7) is 5.95. The van der Waals surface area contributed by atoms with Crippen LogP contribution in [0.3, 0.4) is 0 Å². The smallest absolute Gasteiger partial charge is 0.263 e. The number of benzene rings is 1. The van der Waals surface area contributed by atoms with Crippen molar-refractivity contribution in [1.29, 1.82) is 0 Å². The third-order valence-corrected chi connectivity index (χ3v) is 2.26. The summed E-state index contributed by atoms with van der Waals surface area (Å²) in [6.07, 6.45) is 4.69. The summed E-state index contributed by atoms with van der Waals surface area (Å²) in [5.74, 6) is 0.652. The second-order valence-corrected chi connectivity index (χ2v) is 5.01. The minimum absolute atomic E-state index is 0.102. The second kappa shape index (κ2) is 4.64. The number of imidazole rings is 1. The number of hydrogen-bond donors (Lipinski definition) is 0. The van der Waals surface area contributed by atoms with Crippen molar-refractivity contribution in [2.24, 2.45) is 0 Å². The van der Waals surface area contributed by atoms with E-state index in [1.807, 2.05) is 20.8 Å². The Labute approximate surface area is 106 Å². The molecular weight excluding hydrogens is 228 g/mol. The molecule has 0 aliphatic heterocycles. The number of aromatic nitrogens is 2. The quantitative estimate of drug-likeness (QED) is 0.815. The molecule has 0 aliphatic rings. The van der Waals surface area contributed by atoms with E-state index in [-0.39, 0.29) is 11.5 Å². The molecule has 0 spiro atoms. The summed E-state index contributed by atoms with van der Waals surface area (Å²) in [5.41, 5.74) is 0.366. The third-order valence-electron chi connectivity index (χ3n) is 2.26. The van der Waals surface area contributed by atoms with Gasteiger partial charge in [0.25, 0.3) is 5.91 Å². The summed E-state index contributed by atoms with van der Waals surface area (Å²) in [5, 5.41) is 0. The molecule has 94 valence electrons. The SMILES string of the molecule is CC(C)(C)Oc1ccc(C(=O)n2ccnc2)cc1. The predicted molar refractivity (Wildman–Crippen MR) is 68.8 cm³/mol. The molecule has 0 saturated carbocycles. The maximum absolute atomic E-state index is 12.0. The van der Waals surface area contributed by atoms with Gasteiger partial charge in [-0.1, -0.05) is 0 Å². The van der Waals surface area contributed by atoms with E-state index >= 15 is 0 Å². The Morgan fingerprint density at radius 3 is 2.39 bits per heavy atom. The van der Waals surface area contributed by atoms with Crippen LogP contribution < -0.4 is 4.74 Å². The predicted octanol–water partition coefficient (Wildman–Crippen LogP) is 2.75. The minimum Gasteiger partial charge on any atom is -0.488 e. The lowest BCUT2D eigenvalue weighted by Crippen LogP contribution is -2.22. The van der Waals surface area contributed by atoms with Crippen LogP contribution in [0.1, 0.15) is 31.1 Å². The molecule has 4 nitrogen and oxygen atoms in total. The molecule has 4 heteroatoms. The Hall–Kier alpha value is -2.10. The fourth-order valence-electron chi connectivity index (χ4n) is 1.55. The Morgan fingerprint density at radius 2 is 1.89 bits per heavy atom. The van der Waals surface area contributed by atoms with Crippen LogP contribution in [0.4, 0.5) is 0 Å². The van der Waals surface area contributed by atoms with Crippen molar-refractivity contribution in [1.82, 2.24) is 9.55 Å². The monoisotopic (exact) mass is 244 g/mol. The molecule has 0 aliphatic carbocycles. The number of carbonyl (C=O) groups excluding carboxylic acids is 1. The van der Waals surface area contributed by atoms with Gasteiger partial charge in [-0.3, -0.25) is 9.36 Å². The number of hydrogen-bond acceptors (Lipinski definition) is 3. The molecule has 0 bridgehead atoms. The van der Waals surface area contributed by atoms with Gasteiger partial charge in [0.2, 0.25) is 0 Å².